The van der Waals surface area contributed by atoms with Crippen molar-refractivity contribution in [2.24, 2.45) is 0 Å². The van der Waals surface area contributed by atoms with Gasteiger partial charge in [-0.1, -0.05) is 58.4 Å². The fourth-order valence-corrected chi connectivity index (χ4v) is 2.46. The molecule has 0 amide bonds. The van der Waals surface area contributed by atoms with E-state index >= 15 is 0 Å². The van der Waals surface area contributed by atoms with Crippen molar-refractivity contribution in [2.75, 3.05) is 13.2 Å². The van der Waals surface area contributed by atoms with Gasteiger partial charge in [-0.2, -0.15) is 0 Å². The van der Waals surface area contributed by atoms with Crippen LogP contribution >= 0.6 is 0 Å². The third-order valence-corrected chi connectivity index (χ3v) is 3.94. The van der Waals surface area contributed by atoms with E-state index in [9.17, 15) is 8.78 Å². The van der Waals surface area contributed by atoms with Gasteiger partial charge in [-0.3, -0.25) is 0 Å². The fraction of sp³-hybridized carbons (Fsp3) is 0.700. The third kappa shape index (κ3) is 9.09. The van der Waals surface area contributed by atoms with E-state index in [1.54, 1.807) is 18.2 Å². The predicted octanol–water partition coefficient (Wildman–Crippen LogP) is 6.28. The summed E-state index contributed by atoms with van der Waals surface area (Å²) in [5.41, 5.74) is 0. The van der Waals surface area contributed by atoms with Gasteiger partial charge in [0.25, 0.3) is 0 Å². The number of halogens is 2. The summed E-state index contributed by atoms with van der Waals surface area (Å²) in [5.74, 6) is 1.23. The number of ether oxygens (including phenoxy) is 2. The summed E-state index contributed by atoms with van der Waals surface area (Å²) in [6, 6.07) is 7.12. The van der Waals surface area contributed by atoms with Crippen molar-refractivity contribution < 1.29 is 18.3 Å². The molecule has 0 bridgehead atoms. The molecule has 1 aromatic carbocycles. The average Bonchev–Trinajstić information content (AvgIpc) is 2.59. The third-order valence-electron chi connectivity index (χ3n) is 3.94. The number of hydrogen-bond donors (Lipinski definition) is 0. The Balaban J connectivity index is 2.25. The molecule has 0 N–H and O–H groups in total. The summed E-state index contributed by atoms with van der Waals surface area (Å²) < 4.78 is 38.1. The zero-order valence-corrected chi connectivity index (χ0v) is 15.1. The fourth-order valence-electron chi connectivity index (χ4n) is 2.46. The van der Waals surface area contributed by atoms with Gasteiger partial charge in [0.1, 0.15) is 24.3 Å². The molecule has 2 atom stereocenters. The molecule has 24 heavy (non-hydrogen) atoms. The highest BCUT2D eigenvalue weighted by atomic mass is 19.2. The number of unbranched alkanes of at least 4 members (excludes halogenated alkanes) is 5. The molecule has 0 spiro atoms. The van der Waals surface area contributed by atoms with Crippen LogP contribution in [0.1, 0.15) is 65.2 Å². The van der Waals surface area contributed by atoms with Crippen molar-refractivity contribution in [2.45, 2.75) is 77.6 Å². The normalized spacial score (nSPS) is 13.5. The Morgan fingerprint density at radius 2 is 1.50 bits per heavy atom. The zero-order chi connectivity index (χ0) is 17.6. The lowest BCUT2D eigenvalue weighted by atomic mass is 10.1. The largest absolute Gasteiger partial charge is 0.493 e. The number of benzene rings is 1. The first-order chi connectivity index (χ1) is 11.7. The molecule has 0 radical (unpaired) electrons. The molecule has 4 heteroatoms. The first-order valence-electron chi connectivity index (χ1n) is 9.31. The Morgan fingerprint density at radius 3 is 2.21 bits per heavy atom. The minimum absolute atomic E-state index is 0.228. The maximum Gasteiger partial charge on any atom is 0.165 e. The van der Waals surface area contributed by atoms with Crippen LogP contribution in [0.15, 0.2) is 24.3 Å². The molecule has 0 saturated carbocycles. The van der Waals surface area contributed by atoms with Crippen LogP contribution in [0.4, 0.5) is 8.78 Å². The highest BCUT2D eigenvalue weighted by Gasteiger charge is 2.20. The van der Waals surface area contributed by atoms with Crippen molar-refractivity contribution in [3.05, 3.63) is 24.3 Å². The van der Waals surface area contributed by atoms with E-state index in [2.05, 4.69) is 6.92 Å². The topological polar surface area (TPSA) is 18.5 Å². The zero-order valence-electron chi connectivity index (χ0n) is 15.1. The molecular formula is C20H32F2O2. The molecule has 0 heterocycles. The number of hydrogen-bond acceptors (Lipinski definition) is 2. The summed E-state index contributed by atoms with van der Waals surface area (Å²) >= 11 is 0. The summed E-state index contributed by atoms with van der Waals surface area (Å²) in [6.07, 6.45) is 5.11. The summed E-state index contributed by atoms with van der Waals surface area (Å²) in [7, 11) is 0. The molecule has 1 aromatic rings. The quantitative estimate of drug-likeness (QED) is 0.370. The van der Waals surface area contributed by atoms with Gasteiger partial charge >= 0.3 is 0 Å². The lowest BCUT2D eigenvalue weighted by molar-refractivity contribution is 0.103. The van der Waals surface area contributed by atoms with Crippen LogP contribution in [0.2, 0.25) is 0 Å². The second-order valence-corrected chi connectivity index (χ2v) is 6.22. The van der Waals surface area contributed by atoms with Crippen LogP contribution in [0.3, 0.4) is 0 Å². The van der Waals surface area contributed by atoms with Crippen molar-refractivity contribution in [1.82, 2.24) is 0 Å². The van der Waals surface area contributed by atoms with Gasteiger partial charge in [-0.05, 0) is 25.0 Å². The molecule has 0 fully saturated rings. The van der Waals surface area contributed by atoms with E-state index in [1.807, 2.05) is 13.0 Å². The van der Waals surface area contributed by atoms with E-state index in [0.29, 0.717) is 24.5 Å². The first-order valence-corrected chi connectivity index (χ1v) is 9.31. The van der Waals surface area contributed by atoms with Crippen LogP contribution in [0.25, 0.3) is 0 Å². The van der Waals surface area contributed by atoms with E-state index < -0.39 is 12.3 Å². The van der Waals surface area contributed by atoms with Crippen LogP contribution in [-0.2, 0) is 0 Å². The Labute approximate surface area is 145 Å². The van der Waals surface area contributed by atoms with Crippen molar-refractivity contribution in [3.8, 4) is 11.5 Å². The van der Waals surface area contributed by atoms with Gasteiger partial charge in [-0.15, -0.1) is 0 Å². The molecular weight excluding hydrogens is 310 g/mol. The van der Waals surface area contributed by atoms with Crippen LogP contribution in [-0.4, -0.2) is 25.6 Å². The van der Waals surface area contributed by atoms with Gasteiger partial charge in [0, 0.05) is 6.07 Å². The standard InChI is InChI=1S/C20H32F2O2/c1-3-5-6-7-8-9-14-23-17-12-10-13-18(15-17)24-16-20(22)19(21)11-4-2/h10,12-13,15,19-20H,3-9,11,14,16H2,1-2H3/t19-,20-/m0/s1. The Kier molecular flexibility index (Phi) is 11.2. The average molecular weight is 342 g/mol. The molecule has 0 aliphatic heterocycles. The maximum atomic E-state index is 13.6. The van der Waals surface area contributed by atoms with Crippen molar-refractivity contribution >= 4 is 0 Å². The number of rotatable bonds is 14. The SMILES string of the molecule is CCCCCCCCOc1cccc(OC[C@H](F)[C@@H](F)CCC)c1. The van der Waals surface area contributed by atoms with Gasteiger partial charge in [0.2, 0.25) is 0 Å². The predicted molar refractivity (Wildman–Crippen MR) is 95.5 cm³/mol. The summed E-state index contributed by atoms with van der Waals surface area (Å²) in [6.45, 7) is 4.46. The smallest absolute Gasteiger partial charge is 0.165 e. The minimum atomic E-state index is -1.59. The summed E-state index contributed by atoms with van der Waals surface area (Å²) in [5, 5.41) is 0. The van der Waals surface area contributed by atoms with E-state index in [4.69, 9.17) is 9.47 Å². The Morgan fingerprint density at radius 1 is 0.833 bits per heavy atom. The van der Waals surface area contributed by atoms with Crippen LogP contribution in [0, 0.1) is 0 Å². The first kappa shape index (κ1) is 20.7. The van der Waals surface area contributed by atoms with Gasteiger partial charge in [-0.25, -0.2) is 8.78 Å². The van der Waals surface area contributed by atoms with Crippen molar-refractivity contribution in [1.29, 1.82) is 0 Å². The second kappa shape index (κ2) is 13.0. The lowest BCUT2D eigenvalue weighted by Crippen LogP contribution is -2.24. The lowest BCUT2D eigenvalue weighted by Gasteiger charge is -2.14. The van der Waals surface area contributed by atoms with Crippen molar-refractivity contribution in [3.63, 3.8) is 0 Å². The minimum Gasteiger partial charge on any atom is -0.493 e. The Bertz CT molecular complexity index is 426. The highest BCUT2D eigenvalue weighted by Crippen LogP contribution is 2.21. The molecule has 0 aromatic heterocycles. The van der Waals surface area contributed by atoms with Gasteiger partial charge < -0.3 is 9.47 Å². The van der Waals surface area contributed by atoms with Crippen LogP contribution in [0.5, 0.6) is 11.5 Å². The maximum absolute atomic E-state index is 13.6. The summed E-state index contributed by atoms with van der Waals surface area (Å²) in [4.78, 5) is 0. The Hall–Kier alpha value is -1.32. The number of alkyl halides is 2. The highest BCUT2D eigenvalue weighted by molar-refractivity contribution is 5.32. The molecule has 0 unspecified atom stereocenters. The van der Waals surface area contributed by atoms with Gasteiger partial charge in [0.15, 0.2) is 6.17 Å². The monoisotopic (exact) mass is 342 g/mol. The van der Waals surface area contributed by atoms with E-state index in [1.165, 1.54) is 32.1 Å². The molecule has 0 saturated heterocycles. The molecule has 0 aliphatic rings. The van der Waals surface area contributed by atoms with E-state index in [0.717, 1.165) is 6.42 Å². The molecule has 2 nitrogen and oxygen atoms in total. The van der Waals surface area contributed by atoms with E-state index in [-0.39, 0.29) is 13.0 Å². The second-order valence-electron chi connectivity index (χ2n) is 6.22. The van der Waals surface area contributed by atoms with Gasteiger partial charge in [0.05, 0.1) is 6.61 Å². The molecule has 1 rings (SSSR count). The van der Waals surface area contributed by atoms with Crippen LogP contribution < -0.4 is 9.47 Å². The molecule has 138 valence electrons. The molecule has 0 aliphatic carbocycles.